The summed E-state index contributed by atoms with van der Waals surface area (Å²) in [7, 11) is 0. The van der Waals surface area contributed by atoms with E-state index in [2.05, 4.69) is 97.4 Å². The lowest BCUT2D eigenvalue weighted by atomic mass is 10.1. The zero-order chi connectivity index (χ0) is 17.8. The molecule has 26 heavy (non-hydrogen) atoms. The lowest BCUT2D eigenvalue weighted by Crippen LogP contribution is -2.30. The van der Waals surface area contributed by atoms with Crippen LogP contribution in [0, 0.1) is 0 Å². The summed E-state index contributed by atoms with van der Waals surface area (Å²) in [4.78, 5) is 9.50. The van der Waals surface area contributed by atoms with Gasteiger partial charge < -0.3 is 0 Å². The number of nitrogens with zero attached hydrogens (tertiary/aromatic N) is 3. The van der Waals surface area contributed by atoms with E-state index in [-0.39, 0.29) is 6.17 Å². The maximum absolute atomic E-state index is 4.41. The highest BCUT2D eigenvalue weighted by molar-refractivity contribution is 9.10. The number of hydrogen-bond donors (Lipinski definition) is 0. The summed E-state index contributed by atoms with van der Waals surface area (Å²) in [6.07, 6.45) is 4.08. The van der Waals surface area contributed by atoms with E-state index in [1.807, 2.05) is 12.4 Å². The molecule has 2 aromatic carbocycles. The fraction of sp³-hybridized carbons (Fsp3) is 0.227. The summed E-state index contributed by atoms with van der Waals surface area (Å²) in [5.74, 6) is 0. The van der Waals surface area contributed by atoms with E-state index in [9.17, 15) is 0 Å². The van der Waals surface area contributed by atoms with Crippen molar-refractivity contribution in [3.8, 4) is 0 Å². The molecule has 4 rings (SSSR count). The Kier molecular flexibility index (Phi) is 5.44. The van der Waals surface area contributed by atoms with Crippen LogP contribution >= 0.6 is 15.9 Å². The quantitative estimate of drug-likeness (QED) is 0.601. The molecule has 0 atom stereocenters. The van der Waals surface area contributed by atoms with Crippen LogP contribution in [-0.2, 0) is 13.1 Å². The van der Waals surface area contributed by atoms with Crippen LogP contribution in [0.1, 0.15) is 22.9 Å². The predicted octanol–water partition coefficient (Wildman–Crippen LogP) is 4.86. The molecule has 0 N–H and O–H groups in total. The molecular weight excluding hydrogens is 386 g/mol. The molecule has 0 unspecified atom stereocenters. The molecule has 0 amide bonds. The molecule has 3 aromatic rings. The van der Waals surface area contributed by atoms with Crippen LogP contribution in [0.2, 0.25) is 0 Å². The SMILES string of the molecule is Brc1cncc(C2N(Cc3ccccc3)CCN2Cc2ccccc2)c1. The molecule has 1 fully saturated rings. The molecular formula is C22H22BrN3. The smallest absolute Gasteiger partial charge is 0.0908 e. The van der Waals surface area contributed by atoms with Crippen LogP contribution in [0.4, 0.5) is 0 Å². The first-order valence-corrected chi connectivity index (χ1v) is 9.75. The van der Waals surface area contributed by atoms with Crippen LogP contribution in [0.3, 0.4) is 0 Å². The Bertz CT molecular complexity index is 789. The number of pyridine rings is 1. The van der Waals surface area contributed by atoms with Crippen LogP contribution in [-0.4, -0.2) is 27.9 Å². The standard InChI is InChI=1S/C22H22BrN3/c23-21-13-20(14-24-15-21)22-25(16-18-7-3-1-4-8-18)11-12-26(22)17-19-9-5-2-6-10-19/h1-10,13-15,22H,11-12,16-17H2. The van der Waals surface area contributed by atoms with Gasteiger partial charge in [0.1, 0.15) is 0 Å². The van der Waals surface area contributed by atoms with Crippen molar-refractivity contribution in [2.45, 2.75) is 19.3 Å². The van der Waals surface area contributed by atoms with Crippen molar-refractivity contribution >= 4 is 15.9 Å². The first kappa shape index (κ1) is 17.4. The first-order valence-electron chi connectivity index (χ1n) is 8.96. The van der Waals surface area contributed by atoms with Gasteiger partial charge in [0.15, 0.2) is 0 Å². The number of hydrogen-bond acceptors (Lipinski definition) is 3. The average Bonchev–Trinajstić information content (AvgIpc) is 3.05. The third-order valence-corrected chi connectivity index (χ3v) is 5.28. The van der Waals surface area contributed by atoms with Crippen molar-refractivity contribution in [3.63, 3.8) is 0 Å². The molecule has 4 heteroatoms. The highest BCUT2D eigenvalue weighted by atomic mass is 79.9. The summed E-state index contributed by atoms with van der Waals surface area (Å²) in [6.45, 7) is 4.00. The molecule has 2 heterocycles. The third kappa shape index (κ3) is 4.04. The summed E-state index contributed by atoms with van der Waals surface area (Å²) in [6, 6.07) is 23.6. The lowest BCUT2D eigenvalue weighted by Gasteiger charge is -2.31. The van der Waals surface area contributed by atoms with Gasteiger partial charge in [-0.3, -0.25) is 14.8 Å². The number of halogens is 1. The highest BCUT2D eigenvalue weighted by Gasteiger charge is 2.33. The van der Waals surface area contributed by atoms with Crippen molar-refractivity contribution < 1.29 is 0 Å². The van der Waals surface area contributed by atoms with Crippen molar-refractivity contribution in [1.29, 1.82) is 0 Å². The summed E-state index contributed by atoms with van der Waals surface area (Å²) in [5.41, 5.74) is 3.94. The van der Waals surface area contributed by atoms with Gasteiger partial charge in [-0.05, 0) is 33.1 Å². The van der Waals surface area contributed by atoms with Crippen molar-refractivity contribution in [2.24, 2.45) is 0 Å². The molecule has 0 aliphatic carbocycles. The van der Waals surface area contributed by atoms with E-state index in [1.165, 1.54) is 16.7 Å². The molecule has 1 aliphatic rings. The normalized spacial score (nSPS) is 16.2. The van der Waals surface area contributed by atoms with E-state index in [1.54, 1.807) is 0 Å². The van der Waals surface area contributed by atoms with E-state index in [4.69, 9.17) is 0 Å². The van der Waals surface area contributed by atoms with Gasteiger partial charge in [0, 0.05) is 48.6 Å². The van der Waals surface area contributed by atoms with Crippen LogP contribution in [0.25, 0.3) is 0 Å². The Morgan fingerprint density at radius 3 is 1.85 bits per heavy atom. The molecule has 132 valence electrons. The Balaban J connectivity index is 1.61. The zero-order valence-corrected chi connectivity index (χ0v) is 16.2. The van der Waals surface area contributed by atoms with Crippen molar-refractivity contribution in [2.75, 3.05) is 13.1 Å². The monoisotopic (exact) mass is 407 g/mol. The fourth-order valence-electron chi connectivity index (χ4n) is 3.69. The van der Waals surface area contributed by atoms with E-state index in [0.29, 0.717) is 0 Å². The minimum absolute atomic E-state index is 0.236. The molecule has 0 radical (unpaired) electrons. The van der Waals surface area contributed by atoms with Gasteiger partial charge in [0.05, 0.1) is 6.17 Å². The second kappa shape index (κ2) is 8.12. The Morgan fingerprint density at radius 1 is 0.808 bits per heavy atom. The predicted molar refractivity (Wildman–Crippen MR) is 108 cm³/mol. The van der Waals surface area contributed by atoms with Gasteiger partial charge in [0.2, 0.25) is 0 Å². The van der Waals surface area contributed by atoms with E-state index in [0.717, 1.165) is 30.7 Å². The van der Waals surface area contributed by atoms with Gasteiger partial charge in [-0.2, -0.15) is 0 Å². The number of aromatic nitrogens is 1. The van der Waals surface area contributed by atoms with Gasteiger partial charge >= 0.3 is 0 Å². The van der Waals surface area contributed by atoms with Gasteiger partial charge in [-0.25, -0.2) is 0 Å². The second-order valence-corrected chi connectivity index (χ2v) is 7.64. The minimum Gasteiger partial charge on any atom is -0.278 e. The third-order valence-electron chi connectivity index (χ3n) is 4.85. The Morgan fingerprint density at radius 2 is 1.35 bits per heavy atom. The number of benzene rings is 2. The van der Waals surface area contributed by atoms with E-state index >= 15 is 0 Å². The zero-order valence-electron chi connectivity index (χ0n) is 14.6. The van der Waals surface area contributed by atoms with Gasteiger partial charge in [-0.15, -0.1) is 0 Å². The van der Waals surface area contributed by atoms with E-state index < -0.39 is 0 Å². The molecule has 3 nitrogen and oxygen atoms in total. The average molecular weight is 408 g/mol. The van der Waals surface area contributed by atoms with Crippen molar-refractivity contribution in [1.82, 2.24) is 14.8 Å². The van der Waals surface area contributed by atoms with Crippen LogP contribution in [0.15, 0.2) is 83.6 Å². The first-order chi connectivity index (χ1) is 12.8. The van der Waals surface area contributed by atoms with Gasteiger partial charge in [-0.1, -0.05) is 60.7 Å². The molecule has 0 spiro atoms. The topological polar surface area (TPSA) is 19.4 Å². The van der Waals surface area contributed by atoms with Gasteiger partial charge in [0.25, 0.3) is 0 Å². The maximum atomic E-state index is 4.41. The van der Waals surface area contributed by atoms with Crippen LogP contribution < -0.4 is 0 Å². The molecule has 1 aromatic heterocycles. The number of rotatable bonds is 5. The molecule has 0 saturated carbocycles. The molecule has 1 saturated heterocycles. The maximum Gasteiger partial charge on any atom is 0.0908 e. The summed E-state index contributed by atoms with van der Waals surface area (Å²) >= 11 is 3.58. The summed E-state index contributed by atoms with van der Waals surface area (Å²) in [5, 5.41) is 0. The van der Waals surface area contributed by atoms with Crippen molar-refractivity contribution in [3.05, 3.63) is 100 Å². The highest BCUT2D eigenvalue weighted by Crippen LogP contribution is 2.33. The minimum atomic E-state index is 0.236. The molecule has 1 aliphatic heterocycles. The second-order valence-electron chi connectivity index (χ2n) is 6.72. The largest absolute Gasteiger partial charge is 0.278 e. The molecule has 0 bridgehead atoms. The van der Waals surface area contributed by atoms with Crippen LogP contribution in [0.5, 0.6) is 0 Å². The lowest BCUT2D eigenvalue weighted by molar-refractivity contribution is 0.125. The Labute approximate surface area is 163 Å². The summed E-state index contributed by atoms with van der Waals surface area (Å²) < 4.78 is 1.03. The fourth-order valence-corrected chi connectivity index (χ4v) is 4.07. The Hall–Kier alpha value is -2.01.